The minimum atomic E-state index is -0.729. The second kappa shape index (κ2) is 8.92. The summed E-state index contributed by atoms with van der Waals surface area (Å²) >= 11 is 0. The Morgan fingerprint density at radius 2 is 2.16 bits per heavy atom. The van der Waals surface area contributed by atoms with Gasteiger partial charge in [-0.25, -0.2) is 0 Å². The topological polar surface area (TPSA) is 85.8 Å². The standard InChI is InChI=1S/C18H28N4O3/c1-21(2)14-18(25)7-4-11-22(12-8-18)16(23)6-10-20-17(24)15-5-3-9-19-13-15/h3,5,9,13,25H,4,6-8,10-12,14H2,1-2H3,(H,20,24)/t18-/m1/s1. The van der Waals surface area contributed by atoms with Crippen LogP contribution >= 0.6 is 0 Å². The second-order valence-electron chi connectivity index (χ2n) is 6.94. The molecule has 2 amide bonds. The Labute approximate surface area is 149 Å². The van der Waals surface area contributed by atoms with Crippen molar-refractivity contribution in [1.29, 1.82) is 0 Å². The second-order valence-corrected chi connectivity index (χ2v) is 6.94. The molecule has 25 heavy (non-hydrogen) atoms. The molecule has 1 fully saturated rings. The molecule has 7 heteroatoms. The molecular formula is C18H28N4O3. The number of aliphatic hydroxyl groups is 1. The lowest BCUT2D eigenvalue weighted by atomic mass is 9.94. The first-order valence-electron chi connectivity index (χ1n) is 8.73. The number of nitrogens with one attached hydrogen (secondary N) is 1. The number of carbonyl (C=O) groups is 2. The highest BCUT2D eigenvalue weighted by molar-refractivity contribution is 5.94. The van der Waals surface area contributed by atoms with Gasteiger partial charge < -0.3 is 20.2 Å². The van der Waals surface area contributed by atoms with Gasteiger partial charge in [0, 0.05) is 45.0 Å². The van der Waals surface area contributed by atoms with Crippen molar-refractivity contribution in [2.45, 2.75) is 31.3 Å². The molecule has 0 spiro atoms. The Hall–Kier alpha value is -1.99. The number of hydrogen-bond acceptors (Lipinski definition) is 5. The Balaban J connectivity index is 1.76. The Morgan fingerprint density at radius 3 is 2.84 bits per heavy atom. The molecule has 2 heterocycles. The first-order chi connectivity index (χ1) is 11.9. The van der Waals surface area contributed by atoms with Crippen LogP contribution in [0.25, 0.3) is 0 Å². The van der Waals surface area contributed by atoms with E-state index in [1.807, 2.05) is 19.0 Å². The summed E-state index contributed by atoms with van der Waals surface area (Å²) < 4.78 is 0. The van der Waals surface area contributed by atoms with Crippen LogP contribution in [0.5, 0.6) is 0 Å². The maximum Gasteiger partial charge on any atom is 0.252 e. The molecule has 7 nitrogen and oxygen atoms in total. The van der Waals surface area contributed by atoms with Gasteiger partial charge in [0.1, 0.15) is 0 Å². The lowest BCUT2D eigenvalue weighted by Crippen LogP contribution is -2.41. The van der Waals surface area contributed by atoms with Crippen LogP contribution in [0, 0.1) is 0 Å². The van der Waals surface area contributed by atoms with E-state index >= 15 is 0 Å². The van der Waals surface area contributed by atoms with Gasteiger partial charge in [0.05, 0.1) is 11.2 Å². The van der Waals surface area contributed by atoms with Gasteiger partial charge in [0.2, 0.25) is 5.91 Å². The van der Waals surface area contributed by atoms with Crippen LogP contribution in [-0.4, -0.2) is 77.6 Å². The minimum Gasteiger partial charge on any atom is -0.388 e. The molecule has 1 aromatic heterocycles. The molecule has 1 aliphatic heterocycles. The summed E-state index contributed by atoms with van der Waals surface area (Å²) in [5.74, 6) is -0.210. The minimum absolute atomic E-state index is 0.0144. The third kappa shape index (κ3) is 6.10. The molecule has 1 aromatic rings. The third-order valence-electron chi connectivity index (χ3n) is 4.43. The van der Waals surface area contributed by atoms with Crippen LogP contribution in [-0.2, 0) is 4.79 Å². The summed E-state index contributed by atoms with van der Waals surface area (Å²) in [4.78, 5) is 32.0. The molecule has 2 rings (SSSR count). The molecule has 0 aliphatic carbocycles. The van der Waals surface area contributed by atoms with E-state index in [1.54, 1.807) is 23.2 Å². The normalized spacial score (nSPS) is 21.0. The van der Waals surface area contributed by atoms with Crippen LogP contribution in [0.15, 0.2) is 24.5 Å². The van der Waals surface area contributed by atoms with Crippen molar-refractivity contribution in [3.8, 4) is 0 Å². The Bertz CT molecular complexity index is 579. The number of amides is 2. The monoisotopic (exact) mass is 348 g/mol. The molecule has 138 valence electrons. The van der Waals surface area contributed by atoms with E-state index in [4.69, 9.17) is 0 Å². The number of likely N-dealkylation sites (N-methyl/N-ethyl adjacent to an activating group) is 1. The summed E-state index contributed by atoms with van der Waals surface area (Å²) in [6.07, 6.45) is 5.44. The first-order valence-corrected chi connectivity index (χ1v) is 8.73. The number of carbonyl (C=O) groups excluding carboxylic acids is 2. The van der Waals surface area contributed by atoms with Gasteiger partial charge in [-0.2, -0.15) is 0 Å². The van der Waals surface area contributed by atoms with E-state index < -0.39 is 5.60 Å². The van der Waals surface area contributed by atoms with E-state index in [2.05, 4.69) is 10.3 Å². The summed E-state index contributed by atoms with van der Waals surface area (Å²) in [6.45, 7) is 2.12. The SMILES string of the molecule is CN(C)C[C@@]1(O)CCCN(C(=O)CCNC(=O)c2cccnc2)CC1. The number of likely N-dealkylation sites (tertiary alicyclic amines) is 1. The fourth-order valence-corrected chi connectivity index (χ4v) is 3.22. The van der Waals surface area contributed by atoms with Crippen molar-refractivity contribution in [3.63, 3.8) is 0 Å². The van der Waals surface area contributed by atoms with Gasteiger partial charge in [0.15, 0.2) is 0 Å². The van der Waals surface area contributed by atoms with E-state index in [0.717, 1.165) is 6.42 Å². The van der Waals surface area contributed by atoms with Crippen molar-refractivity contribution in [2.75, 3.05) is 40.3 Å². The molecule has 0 unspecified atom stereocenters. The van der Waals surface area contributed by atoms with Gasteiger partial charge in [-0.05, 0) is 45.5 Å². The summed E-state index contributed by atoms with van der Waals surface area (Å²) in [7, 11) is 3.88. The Morgan fingerprint density at radius 1 is 1.36 bits per heavy atom. The van der Waals surface area contributed by atoms with Crippen molar-refractivity contribution in [1.82, 2.24) is 20.1 Å². The van der Waals surface area contributed by atoms with E-state index in [-0.39, 0.29) is 18.2 Å². The summed E-state index contributed by atoms with van der Waals surface area (Å²) in [6, 6.07) is 3.39. The zero-order chi connectivity index (χ0) is 18.3. The number of aromatic nitrogens is 1. The first kappa shape index (κ1) is 19.3. The number of nitrogens with zero attached hydrogens (tertiary/aromatic N) is 3. The molecule has 0 saturated carbocycles. The third-order valence-corrected chi connectivity index (χ3v) is 4.43. The highest BCUT2D eigenvalue weighted by atomic mass is 16.3. The predicted octanol–water partition coefficient (Wildman–Crippen LogP) is 0.507. The largest absolute Gasteiger partial charge is 0.388 e. The Kier molecular flexibility index (Phi) is 6.90. The summed E-state index contributed by atoms with van der Waals surface area (Å²) in [5, 5.41) is 13.4. The molecule has 1 atom stereocenters. The van der Waals surface area contributed by atoms with Crippen molar-refractivity contribution >= 4 is 11.8 Å². The smallest absolute Gasteiger partial charge is 0.252 e. The van der Waals surface area contributed by atoms with Crippen LogP contribution in [0.3, 0.4) is 0 Å². The van der Waals surface area contributed by atoms with Crippen LogP contribution in [0.2, 0.25) is 0 Å². The molecule has 0 aromatic carbocycles. The van der Waals surface area contributed by atoms with Gasteiger partial charge in [-0.1, -0.05) is 0 Å². The molecule has 2 N–H and O–H groups in total. The highest BCUT2D eigenvalue weighted by Gasteiger charge is 2.31. The lowest BCUT2D eigenvalue weighted by Gasteiger charge is -2.30. The maximum absolute atomic E-state index is 12.4. The van der Waals surface area contributed by atoms with Crippen LogP contribution in [0.1, 0.15) is 36.0 Å². The van der Waals surface area contributed by atoms with Gasteiger partial charge >= 0.3 is 0 Å². The number of pyridine rings is 1. The van der Waals surface area contributed by atoms with Gasteiger partial charge in [-0.3, -0.25) is 14.6 Å². The lowest BCUT2D eigenvalue weighted by molar-refractivity contribution is -0.131. The average molecular weight is 348 g/mol. The number of rotatable bonds is 6. The number of hydrogen-bond donors (Lipinski definition) is 2. The highest BCUT2D eigenvalue weighted by Crippen LogP contribution is 2.23. The fourth-order valence-electron chi connectivity index (χ4n) is 3.22. The van der Waals surface area contributed by atoms with Crippen LogP contribution < -0.4 is 5.32 Å². The zero-order valence-corrected chi connectivity index (χ0v) is 15.1. The fraction of sp³-hybridized carbons (Fsp3) is 0.611. The van der Waals surface area contributed by atoms with Gasteiger partial charge in [0.25, 0.3) is 5.91 Å². The molecular weight excluding hydrogens is 320 g/mol. The summed E-state index contributed by atoms with van der Waals surface area (Å²) in [5.41, 5.74) is -0.244. The molecule has 1 aliphatic rings. The molecule has 0 bridgehead atoms. The predicted molar refractivity (Wildman–Crippen MR) is 95.1 cm³/mol. The average Bonchev–Trinajstić information content (AvgIpc) is 2.76. The molecule has 0 radical (unpaired) electrons. The van der Waals surface area contributed by atoms with E-state index in [1.165, 1.54) is 6.20 Å². The maximum atomic E-state index is 12.4. The van der Waals surface area contributed by atoms with Crippen molar-refractivity contribution in [2.24, 2.45) is 0 Å². The zero-order valence-electron chi connectivity index (χ0n) is 15.1. The van der Waals surface area contributed by atoms with Crippen molar-refractivity contribution in [3.05, 3.63) is 30.1 Å². The van der Waals surface area contributed by atoms with Gasteiger partial charge in [-0.15, -0.1) is 0 Å². The quantitative estimate of drug-likeness (QED) is 0.782. The van der Waals surface area contributed by atoms with E-state index in [0.29, 0.717) is 44.6 Å². The van der Waals surface area contributed by atoms with Crippen LogP contribution in [0.4, 0.5) is 0 Å². The van der Waals surface area contributed by atoms with E-state index in [9.17, 15) is 14.7 Å². The molecule has 1 saturated heterocycles. The van der Waals surface area contributed by atoms with Crippen molar-refractivity contribution < 1.29 is 14.7 Å².